The summed E-state index contributed by atoms with van der Waals surface area (Å²) in [6.07, 6.45) is 7.97. The summed E-state index contributed by atoms with van der Waals surface area (Å²) in [5, 5.41) is 0. The number of benzene rings is 1. The first-order valence-corrected chi connectivity index (χ1v) is 7.80. The van der Waals surface area contributed by atoms with E-state index in [-0.39, 0.29) is 0 Å². The fraction of sp³-hybridized carbons (Fsp3) is 0.647. The van der Waals surface area contributed by atoms with Crippen LogP contribution >= 0.6 is 0 Å². The average molecular weight is 258 g/mol. The maximum absolute atomic E-state index is 6.42. The summed E-state index contributed by atoms with van der Waals surface area (Å²) in [4.78, 5) is 2.60. The quantitative estimate of drug-likeness (QED) is 0.883. The summed E-state index contributed by atoms with van der Waals surface area (Å²) in [7, 11) is 0. The summed E-state index contributed by atoms with van der Waals surface area (Å²) in [6, 6.07) is 11.3. The highest BCUT2D eigenvalue weighted by Gasteiger charge is 2.40. The predicted molar refractivity (Wildman–Crippen MR) is 79.8 cm³/mol. The lowest BCUT2D eigenvalue weighted by Crippen LogP contribution is -2.51. The Balaban J connectivity index is 1.57. The lowest BCUT2D eigenvalue weighted by molar-refractivity contribution is 0.0461. The molecular formula is C17H26N2. The van der Waals surface area contributed by atoms with Crippen LogP contribution < -0.4 is 5.73 Å². The van der Waals surface area contributed by atoms with Crippen molar-refractivity contribution in [1.29, 1.82) is 0 Å². The van der Waals surface area contributed by atoms with Crippen molar-refractivity contribution in [2.24, 2.45) is 11.1 Å². The van der Waals surface area contributed by atoms with Gasteiger partial charge in [-0.25, -0.2) is 0 Å². The van der Waals surface area contributed by atoms with Gasteiger partial charge in [0.2, 0.25) is 0 Å². The van der Waals surface area contributed by atoms with Gasteiger partial charge < -0.3 is 5.73 Å². The van der Waals surface area contributed by atoms with Crippen molar-refractivity contribution >= 4 is 0 Å². The Bertz CT molecular complexity index is 393. The Kier molecular flexibility index (Phi) is 3.90. The number of rotatable bonds is 2. The van der Waals surface area contributed by atoms with Crippen molar-refractivity contribution in [2.75, 3.05) is 13.1 Å². The molecule has 104 valence electrons. The Hall–Kier alpha value is -0.860. The summed E-state index contributed by atoms with van der Waals surface area (Å²) in [5.41, 5.74) is 8.34. The molecule has 0 bridgehead atoms. The standard InChI is InChI=1S/C17H26N2/c18-16-8-4-5-9-17(16)10-12-19(13-11-17)14-15-6-2-1-3-7-15/h1-3,6-7,16H,4-5,8-14,18H2. The molecule has 1 aliphatic heterocycles. The molecule has 2 N–H and O–H groups in total. The maximum atomic E-state index is 6.42. The van der Waals surface area contributed by atoms with Gasteiger partial charge in [-0.2, -0.15) is 0 Å². The van der Waals surface area contributed by atoms with E-state index in [9.17, 15) is 0 Å². The molecule has 1 atom stereocenters. The minimum atomic E-state index is 0.458. The van der Waals surface area contributed by atoms with Gasteiger partial charge in [-0.15, -0.1) is 0 Å². The number of nitrogens with zero attached hydrogens (tertiary/aromatic N) is 1. The fourth-order valence-electron chi connectivity index (χ4n) is 3.95. The van der Waals surface area contributed by atoms with E-state index in [0.717, 1.165) is 6.54 Å². The first kappa shape index (κ1) is 13.1. The van der Waals surface area contributed by atoms with Gasteiger partial charge in [0.1, 0.15) is 0 Å². The summed E-state index contributed by atoms with van der Waals surface area (Å²) in [5.74, 6) is 0. The van der Waals surface area contributed by atoms with Crippen LogP contribution in [0.1, 0.15) is 44.1 Å². The molecule has 1 saturated carbocycles. The molecule has 1 aliphatic carbocycles. The molecule has 2 nitrogen and oxygen atoms in total. The minimum Gasteiger partial charge on any atom is -0.327 e. The summed E-state index contributed by atoms with van der Waals surface area (Å²) >= 11 is 0. The van der Waals surface area contributed by atoms with Crippen molar-refractivity contribution in [3.63, 3.8) is 0 Å². The highest BCUT2D eigenvalue weighted by molar-refractivity contribution is 5.14. The van der Waals surface area contributed by atoms with Crippen LogP contribution in [-0.2, 0) is 6.54 Å². The highest BCUT2D eigenvalue weighted by Crippen LogP contribution is 2.43. The number of likely N-dealkylation sites (tertiary alicyclic amines) is 1. The Labute approximate surface area is 117 Å². The molecule has 3 rings (SSSR count). The van der Waals surface area contributed by atoms with Gasteiger partial charge in [-0.1, -0.05) is 43.2 Å². The number of nitrogens with two attached hydrogens (primary N) is 1. The molecule has 0 amide bonds. The van der Waals surface area contributed by atoms with Gasteiger partial charge in [-0.05, 0) is 49.8 Å². The SMILES string of the molecule is NC1CCCCC12CCN(Cc1ccccc1)CC2. The van der Waals surface area contributed by atoms with E-state index in [1.807, 2.05) is 0 Å². The Morgan fingerprint density at radius 1 is 1.05 bits per heavy atom. The van der Waals surface area contributed by atoms with Crippen LogP contribution in [0.2, 0.25) is 0 Å². The van der Waals surface area contributed by atoms with Crippen molar-refractivity contribution in [3.05, 3.63) is 35.9 Å². The van der Waals surface area contributed by atoms with Gasteiger partial charge in [0.05, 0.1) is 0 Å². The van der Waals surface area contributed by atoms with Crippen molar-refractivity contribution in [1.82, 2.24) is 4.90 Å². The topological polar surface area (TPSA) is 29.3 Å². The molecule has 1 heterocycles. The fourth-order valence-corrected chi connectivity index (χ4v) is 3.95. The lowest BCUT2D eigenvalue weighted by Gasteiger charge is -2.48. The van der Waals surface area contributed by atoms with Gasteiger partial charge in [0.15, 0.2) is 0 Å². The summed E-state index contributed by atoms with van der Waals surface area (Å²) < 4.78 is 0. The van der Waals surface area contributed by atoms with Gasteiger partial charge in [-0.3, -0.25) is 4.90 Å². The number of piperidine rings is 1. The molecule has 19 heavy (non-hydrogen) atoms. The molecule has 1 aromatic rings. The van der Waals surface area contributed by atoms with E-state index in [1.54, 1.807) is 0 Å². The number of hydrogen-bond acceptors (Lipinski definition) is 2. The second-order valence-electron chi connectivity index (χ2n) is 6.48. The van der Waals surface area contributed by atoms with Crippen LogP contribution in [0, 0.1) is 5.41 Å². The monoisotopic (exact) mass is 258 g/mol. The lowest BCUT2D eigenvalue weighted by atomic mass is 9.65. The molecule has 0 radical (unpaired) electrons. The van der Waals surface area contributed by atoms with Crippen LogP contribution in [0.5, 0.6) is 0 Å². The highest BCUT2D eigenvalue weighted by atomic mass is 15.1. The molecule has 1 saturated heterocycles. The third-order valence-corrected chi connectivity index (χ3v) is 5.33. The van der Waals surface area contributed by atoms with E-state index in [4.69, 9.17) is 5.73 Å². The first-order chi connectivity index (χ1) is 9.28. The van der Waals surface area contributed by atoms with Crippen molar-refractivity contribution in [3.8, 4) is 0 Å². The zero-order valence-corrected chi connectivity index (χ0v) is 11.9. The zero-order valence-electron chi connectivity index (χ0n) is 11.9. The predicted octanol–water partition coefficient (Wildman–Crippen LogP) is 3.17. The van der Waals surface area contributed by atoms with Crippen LogP contribution in [0.3, 0.4) is 0 Å². The van der Waals surface area contributed by atoms with E-state index < -0.39 is 0 Å². The van der Waals surface area contributed by atoms with E-state index in [1.165, 1.54) is 57.2 Å². The van der Waals surface area contributed by atoms with Gasteiger partial charge >= 0.3 is 0 Å². The molecular weight excluding hydrogens is 232 g/mol. The molecule has 1 spiro atoms. The second-order valence-corrected chi connectivity index (χ2v) is 6.48. The Morgan fingerprint density at radius 3 is 2.47 bits per heavy atom. The first-order valence-electron chi connectivity index (χ1n) is 7.80. The average Bonchev–Trinajstić information content (AvgIpc) is 2.46. The van der Waals surface area contributed by atoms with E-state index in [0.29, 0.717) is 11.5 Å². The number of hydrogen-bond donors (Lipinski definition) is 1. The zero-order chi connectivity index (χ0) is 13.1. The van der Waals surface area contributed by atoms with Crippen LogP contribution in [0.15, 0.2) is 30.3 Å². The van der Waals surface area contributed by atoms with Crippen LogP contribution in [0.25, 0.3) is 0 Å². The molecule has 1 aromatic carbocycles. The molecule has 1 unspecified atom stereocenters. The largest absolute Gasteiger partial charge is 0.327 e. The van der Waals surface area contributed by atoms with Crippen LogP contribution in [-0.4, -0.2) is 24.0 Å². The maximum Gasteiger partial charge on any atom is 0.0233 e. The third kappa shape index (κ3) is 2.85. The van der Waals surface area contributed by atoms with Crippen molar-refractivity contribution < 1.29 is 0 Å². The summed E-state index contributed by atoms with van der Waals surface area (Å²) in [6.45, 7) is 3.55. The minimum absolute atomic E-state index is 0.458. The van der Waals surface area contributed by atoms with Gasteiger partial charge in [0, 0.05) is 12.6 Å². The van der Waals surface area contributed by atoms with Crippen molar-refractivity contribution in [2.45, 2.75) is 51.1 Å². The van der Waals surface area contributed by atoms with E-state index in [2.05, 4.69) is 35.2 Å². The smallest absolute Gasteiger partial charge is 0.0233 e. The van der Waals surface area contributed by atoms with Gasteiger partial charge in [0.25, 0.3) is 0 Å². The molecule has 2 fully saturated rings. The molecule has 2 heteroatoms. The molecule has 0 aromatic heterocycles. The second kappa shape index (κ2) is 5.64. The normalized spacial score (nSPS) is 27.5. The van der Waals surface area contributed by atoms with E-state index >= 15 is 0 Å². The van der Waals surface area contributed by atoms with Crippen LogP contribution in [0.4, 0.5) is 0 Å². The molecule has 2 aliphatic rings. The third-order valence-electron chi connectivity index (χ3n) is 5.33. The Morgan fingerprint density at radius 2 is 1.79 bits per heavy atom.